The Kier molecular flexibility index (Phi) is 5.59. The Labute approximate surface area is 132 Å². The lowest BCUT2D eigenvalue weighted by Gasteiger charge is -2.23. The molecule has 0 aliphatic heterocycles. The molecule has 0 radical (unpaired) electrons. The molecule has 1 rings (SSSR count). The van der Waals surface area contributed by atoms with E-state index in [0.717, 1.165) is 0 Å². The predicted octanol–water partition coefficient (Wildman–Crippen LogP) is 3.14. The van der Waals surface area contributed by atoms with Crippen molar-refractivity contribution in [3.8, 4) is 0 Å². The largest absolute Gasteiger partial charge is 0.350 e. The zero-order valence-corrected chi connectivity index (χ0v) is 14.2. The highest BCUT2D eigenvalue weighted by Crippen LogP contribution is 2.21. The Morgan fingerprint density at radius 2 is 1.90 bits per heavy atom. The fraction of sp³-hybridized carbons (Fsp3) is 0.429. The molecule has 0 saturated heterocycles. The summed E-state index contributed by atoms with van der Waals surface area (Å²) in [5.74, 6) is -0.555. The minimum Gasteiger partial charge on any atom is -0.350 e. The maximum atomic E-state index is 12.1. The molecule has 4 nitrogen and oxygen atoms in total. The first-order valence-corrected chi connectivity index (χ1v) is 7.35. The number of amides is 2. The summed E-state index contributed by atoms with van der Waals surface area (Å²) in [5.41, 5.74) is 0.0986. The van der Waals surface area contributed by atoms with Crippen molar-refractivity contribution in [3.63, 3.8) is 0 Å². The van der Waals surface area contributed by atoms with E-state index in [1.807, 2.05) is 20.8 Å². The van der Waals surface area contributed by atoms with Crippen LogP contribution >= 0.6 is 27.5 Å². The van der Waals surface area contributed by atoms with Crippen LogP contribution in [0.1, 0.15) is 38.1 Å². The van der Waals surface area contributed by atoms with E-state index >= 15 is 0 Å². The summed E-state index contributed by atoms with van der Waals surface area (Å²) in [6, 6.07) is 4.25. The summed E-state index contributed by atoms with van der Waals surface area (Å²) in [6.45, 7) is 7.29. The van der Waals surface area contributed by atoms with Gasteiger partial charge in [0.05, 0.1) is 5.56 Å². The first-order valence-electron chi connectivity index (χ1n) is 6.18. The molecule has 0 aliphatic rings. The van der Waals surface area contributed by atoms with Gasteiger partial charge >= 0.3 is 0 Å². The van der Waals surface area contributed by atoms with Gasteiger partial charge in [-0.3, -0.25) is 9.59 Å². The zero-order chi connectivity index (χ0) is 15.5. The quantitative estimate of drug-likeness (QED) is 0.869. The summed E-state index contributed by atoms with van der Waals surface area (Å²) in [4.78, 5) is 24.0. The van der Waals surface area contributed by atoms with Gasteiger partial charge in [0.15, 0.2) is 0 Å². The molecule has 6 heteroatoms. The van der Waals surface area contributed by atoms with Gasteiger partial charge in [-0.25, -0.2) is 0 Å². The Hall–Kier alpha value is -1.07. The number of nitrogens with one attached hydrogen (secondary N) is 2. The van der Waals surface area contributed by atoms with Crippen LogP contribution in [0.4, 0.5) is 0 Å². The van der Waals surface area contributed by atoms with Gasteiger partial charge in [-0.05, 0) is 61.8 Å². The van der Waals surface area contributed by atoms with Crippen LogP contribution in [0.25, 0.3) is 0 Å². The fourth-order valence-electron chi connectivity index (χ4n) is 1.49. The smallest absolute Gasteiger partial charge is 0.253 e. The second kappa shape index (κ2) is 6.59. The molecule has 0 aliphatic carbocycles. The topological polar surface area (TPSA) is 58.2 Å². The summed E-state index contributed by atoms with van der Waals surface area (Å²) < 4.78 is 0.589. The molecule has 2 amide bonds. The minimum absolute atomic E-state index is 0.226. The van der Waals surface area contributed by atoms with Gasteiger partial charge in [0.1, 0.15) is 6.04 Å². The van der Waals surface area contributed by atoms with Gasteiger partial charge in [-0.1, -0.05) is 11.6 Å². The lowest BCUT2D eigenvalue weighted by atomic mass is 10.1. The van der Waals surface area contributed by atoms with E-state index in [-0.39, 0.29) is 17.4 Å². The highest BCUT2D eigenvalue weighted by Gasteiger charge is 2.21. The second-order valence-electron chi connectivity index (χ2n) is 5.56. The van der Waals surface area contributed by atoms with Crippen LogP contribution in [0.2, 0.25) is 5.02 Å². The van der Waals surface area contributed by atoms with E-state index in [1.54, 1.807) is 25.1 Å². The second-order valence-corrected chi connectivity index (χ2v) is 6.85. The van der Waals surface area contributed by atoms with E-state index in [4.69, 9.17) is 11.6 Å². The van der Waals surface area contributed by atoms with Crippen LogP contribution < -0.4 is 10.6 Å². The summed E-state index contributed by atoms with van der Waals surface area (Å²) in [7, 11) is 0. The SMILES string of the molecule is CC(NC(=O)c1ccc(Cl)cc1Br)C(=O)NC(C)(C)C. The van der Waals surface area contributed by atoms with Crippen LogP contribution in [0.3, 0.4) is 0 Å². The average Bonchev–Trinajstić information content (AvgIpc) is 2.26. The van der Waals surface area contributed by atoms with E-state index in [1.165, 1.54) is 0 Å². The molecule has 20 heavy (non-hydrogen) atoms. The Morgan fingerprint density at radius 3 is 2.40 bits per heavy atom. The van der Waals surface area contributed by atoms with Crippen molar-refractivity contribution in [2.75, 3.05) is 0 Å². The number of hydrogen-bond donors (Lipinski definition) is 2. The average molecular weight is 362 g/mol. The molecule has 0 heterocycles. The third-order valence-electron chi connectivity index (χ3n) is 2.41. The van der Waals surface area contributed by atoms with Crippen molar-refractivity contribution in [2.24, 2.45) is 0 Å². The summed E-state index contributed by atoms with van der Waals surface area (Å²) >= 11 is 9.10. The van der Waals surface area contributed by atoms with Crippen molar-refractivity contribution >= 4 is 39.3 Å². The van der Waals surface area contributed by atoms with E-state index in [9.17, 15) is 9.59 Å². The fourth-order valence-corrected chi connectivity index (χ4v) is 2.35. The summed E-state index contributed by atoms with van der Waals surface area (Å²) in [6.07, 6.45) is 0. The molecule has 110 valence electrons. The van der Waals surface area contributed by atoms with E-state index in [2.05, 4.69) is 26.6 Å². The van der Waals surface area contributed by atoms with Gasteiger partial charge in [0.2, 0.25) is 5.91 Å². The molecule has 1 unspecified atom stereocenters. The predicted molar refractivity (Wildman–Crippen MR) is 84.0 cm³/mol. The lowest BCUT2D eigenvalue weighted by molar-refractivity contribution is -0.124. The van der Waals surface area contributed by atoms with Crippen molar-refractivity contribution in [1.29, 1.82) is 0 Å². The van der Waals surface area contributed by atoms with Crippen molar-refractivity contribution in [3.05, 3.63) is 33.3 Å². The zero-order valence-electron chi connectivity index (χ0n) is 11.9. The first-order chi connectivity index (χ1) is 9.10. The third kappa shape index (κ3) is 5.13. The Morgan fingerprint density at radius 1 is 1.30 bits per heavy atom. The molecule has 0 spiro atoms. The molecule has 0 bridgehead atoms. The van der Waals surface area contributed by atoms with Crippen molar-refractivity contribution < 1.29 is 9.59 Å². The Balaban J connectivity index is 2.73. The van der Waals surface area contributed by atoms with Crippen LogP contribution in [0.5, 0.6) is 0 Å². The van der Waals surface area contributed by atoms with Gasteiger partial charge < -0.3 is 10.6 Å². The number of hydrogen-bond acceptors (Lipinski definition) is 2. The van der Waals surface area contributed by atoms with Gasteiger partial charge in [-0.15, -0.1) is 0 Å². The van der Waals surface area contributed by atoms with Gasteiger partial charge in [0.25, 0.3) is 5.91 Å². The lowest BCUT2D eigenvalue weighted by Crippen LogP contribution is -2.50. The van der Waals surface area contributed by atoms with Gasteiger partial charge in [-0.2, -0.15) is 0 Å². The maximum absolute atomic E-state index is 12.1. The molecule has 0 fully saturated rings. The molecular formula is C14H18BrClN2O2. The normalized spacial score (nSPS) is 12.7. The van der Waals surface area contributed by atoms with Gasteiger partial charge in [0, 0.05) is 15.0 Å². The maximum Gasteiger partial charge on any atom is 0.253 e. The minimum atomic E-state index is -0.621. The van der Waals surface area contributed by atoms with Crippen molar-refractivity contribution in [2.45, 2.75) is 39.3 Å². The number of carbonyl (C=O) groups is 2. The molecule has 1 aromatic carbocycles. The molecule has 0 aromatic heterocycles. The van der Waals surface area contributed by atoms with Crippen LogP contribution in [-0.4, -0.2) is 23.4 Å². The number of carbonyl (C=O) groups excluding carboxylic acids is 2. The van der Waals surface area contributed by atoms with Crippen molar-refractivity contribution in [1.82, 2.24) is 10.6 Å². The molecule has 0 saturated carbocycles. The number of benzene rings is 1. The van der Waals surface area contributed by atoms with E-state index < -0.39 is 6.04 Å². The van der Waals surface area contributed by atoms with Crippen LogP contribution in [0, 0.1) is 0 Å². The monoisotopic (exact) mass is 360 g/mol. The highest BCUT2D eigenvalue weighted by molar-refractivity contribution is 9.10. The van der Waals surface area contributed by atoms with Crippen LogP contribution in [-0.2, 0) is 4.79 Å². The molecule has 1 atom stereocenters. The van der Waals surface area contributed by atoms with Crippen LogP contribution in [0.15, 0.2) is 22.7 Å². The third-order valence-corrected chi connectivity index (χ3v) is 3.31. The molecular weight excluding hydrogens is 344 g/mol. The molecule has 2 N–H and O–H groups in total. The Bertz CT molecular complexity index is 526. The highest BCUT2D eigenvalue weighted by atomic mass is 79.9. The summed E-state index contributed by atoms with van der Waals surface area (Å²) in [5, 5.41) is 6.00. The standard InChI is InChI=1S/C14H18BrClN2O2/c1-8(12(19)18-14(2,3)4)17-13(20)10-6-5-9(16)7-11(10)15/h5-8H,1-4H3,(H,17,20)(H,18,19). The number of halogens is 2. The number of rotatable bonds is 3. The molecule has 1 aromatic rings. The van der Waals surface area contributed by atoms with E-state index in [0.29, 0.717) is 15.1 Å². The first kappa shape index (κ1) is 17.0.